The van der Waals surface area contributed by atoms with Gasteiger partial charge in [0.1, 0.15) is 29.7 Å². The number of hydrogen-bond donors (Lipinski definition) is 4. The molecule has 3 aromatic heterocycles. The van der Waals surface area contributed by atoms with Crippen LogP contribution in [0.4, 0.5) is 11.6 Å². The van der Waals surface area contributed by atoms with Crippen LogP contribution in [0.25, 0.3) is 11.0 Å². The number of aliphatic hydroxyl groups excluding tert-OH is 2. The number of anilines is 2. The molecule has 6 N–H and O–H groups in total. The number of pyridine rings is 1. The normalized spacial score (nSPS) is 31.8. The molecule has 2 fully saturated rings. The van der Waals surface area contributed by atoms with E-state index in [1.807, 2.05) is 22.9 Å². The van der Waals surface area contributed by atoms with Crippen LogP contribution in [-0.2, 0) is 11.2 Å². The molecular weight excluding hydrogens is 372 g/mol. The van der Waals surface area contributed by atoms with Gasteiger partial charge < -0.3 is 31.0 Å². The number of aliphatic hydroxyl groups is 2. The maximum Gasteiger partial charge on any atom is 0.145 e. The first-order valence-corrected chi connectivity index (χ1v) is 9.72. The Morgan fingerprint density at radius 1 is 1.14 bits per heavy atom. The fraction of sp³-hybridized carbons (Fsp3) is 0.450. The zero-order valence-electron chi connectivity index (χ0n) is 15.8. The van der Waals surface area contributed by atoms with Gasteiger partial charge in [0.2, 0.25) is 0 Å². The predicted molar refractivity (Wildman–Crippen MR) is 107 cm³/mol. The minimum atomic E-state index is -0.915. The van der Waals surface area contributed by atoms with Crippen LogP contribution < -0.4 is 11.5 Å². The lowest BCUT2D eigenvalue weighted by molar-refractivity contribution is -0.0308. The lowest BCUT2D eigenvalue weighted by Gasteiger charge is -2.26. The van der Waals surface area contributed by atoms with Crippen molar-refractivity contribution in [2.24, 2.45) is 5.41 Å². The number of rotatable bonds is 3. The van der Waals surface area contributed by atoms with Gasteiger partial charge in [0.15, 0.2) is 0 Å². The molecule has 5 unspecified atom stereocenters. The molecule has 0 amide bonds. The molecule has 1 spiro atoms. The summed E-state index contributed by atoms with van der Waals surface area (Å²) in [5.41, 5.74) is 12.8. The van der Waals surface area contributed by atoms with Gasteiger partial charge in [0, 0.05) is 24.2 Å². The topological polar surface area (TPSA) is 145 Å². The number of fused-ring (bicyclic) bond motifs is 1. The largest absolute Gasteiger partial charge is 0.390 e. The molecule has 152 valence electrons. The van der Waals surface area contributed by atoms with Gasteiger partial charge in [-0.3, -0.25) is 0 Å². The molecule has 1 aliphatic carbocycles. The average molecular weight is 396 g/mol. The van der Waals surface area contributed by atoms with E-state index in [0.29, 0.717) is 43.2 Å². The van der Waals surface area contributed by atoms with Crippen molar-refractivity contribution >= 4 is 22.7 Å². The smallest absolute Gasteiger partial charge is 0.145 e. The summed E-state index contributed by atoms with van der Waals surface area (Å²) in [5, 5.41) is 22.5. The molecule has 5 atom stereocenters. The first-order valence-electron chi connectivity index (χ1n) is 9.72. The summed E-state index contributed by atoms with van der Waals surface area (Å²) in [6.45, 7) is 0.408. The van der Waals surface area contributed by atoms with Gasteiger partial charge in [-0.05, 0) is 30.5 Å². The fourth-order valence-electron chi connectivity index (χ4n) is 4.91. The van der Waals surface area contributed by atoms with E-state index < -0.39 is 17.6 Å². The van der Waals surface area contributed by atoms with Crippen molar-refractivity contribution in [3.05, 3.63) is 42.5 Å². The zero-order chi connectivity index (χ0) is 20.2. The highest BCUT2D eigenvalue weighted by molar-refractivity contribution is 5.86. The SMILES string of the molecule is Nc1ccc(CC2CC3(CO2)CC(n2ccc4c(N)ncnc42)C(O)C3O)cn1. The number of nitrogens with zero attached hydrogens (tertiary/aromatic N) is 4. The Labute approximate surface area is 167 Å². The van der Waals surface area contributed by atoms with Gasteiger partial charge in [0.05, 0.1) is 30.2 Å². The molecule has 9 nitrogen and oxygen atoms in total. The lowest BCUT2D eigenvalue weighted by Crippen LogP contribution is -2.37. The second-order valence-electron chi connectivity index (χ2n) is 8.22. The van der Waals surface area contributed by atoms with E-state index in [1.165, 1.54) is 6.33 Å². The summed E-state index contributed by atoms with van der Waals surface area (Å²) in [6, 6.07) is 5.25. The number of aromatic nitrogens is 4. The second kappa shape index (κ2) is 6.65. The third kappa shape index (κ3) is 2.93. The van der Waals surface area contributed by atoms with Crippen LogP contribution in [0.5, 0.6) is 0 Å². The third-order valence-electron chi connectivity index (χ3n) is 6.41. The van der Waals surface area contributed by atoms with Crippen LogP contribution in [0.1, 0.15) is 24.4 Å². The van der Waals surface area contributed by atoms with Gasteiger partial charge in [0.25, 0.3) is 0 Å². The van der Waals surface area contributed by atoms with Crippen LogP contribution >= 0.6 is 0 Å². The Balaban J connectivity index is 1.38. The third-order valence-corrected chi connectivity index (χ3v) is 6.41. The molecule has 2 aliphatic rings. The Morgan fingerprint density at radius 2 is 2.00 bits per heavy atom. The fourth-order valence-corrected chi connectivity index (χ4v) is 4.91. The first kappa shape index (κ1) is 18.3. The van der Waals surface area contributed by atoms with Gasteiger partial charge >= 0.3 is 0 Å². The van der Waals surface area contributed by atoms with Crippen molar-refractivity contribution in [3.8, 4) is 0 Å². The van der Waals surface area contributed by atoms with Crippen molar-refractivity contribution in [1.29, 1.82) is 0 Å². The van der Waals surface area contributed by atoms with Crippen molar-refractivity contribution in [3.63, 3.8) is 0 Å². The van der Waals surface area contributed by atoms with Gasteiger partial charge in [-0.2, -0.15) is 0 Å². The van der Waals surface area contributed by atoms with Crippen LogP contribution in [0.2, 0.25) is 0 Å². The molecule has 0 radical (unpaired) electrons. The number of nitrogen functional groups attached to an aromatic ring is 2. The molecule has 0 aromatic carbocycles. The number of hydrogen-bond acceptors (Lipinski definition) is 8. The highest BCUT2D eigenvalue weighted by Gasteiger charge is 2.57. The number of nitrogens with two attached hydrogens (primary N) is 2. The van der Waals surface area contributed by atoms with E-state index in [9.17, 15) is 10.2 Å². The van der Waals surface area contributed by atoms with E-state index in [2.05, 4.69) is 15.0 Å². The summed E-state index contributed by atoms with van der Waals surface area (Å²) in [4.78, 5) is 12.5. The van der Waals surface area contributed by atoms with E-state index in [0.717, 1.165) is 10.9 Å². The van der Waals surface area contributed by atoms with Crippen LogP contribution in [0, 0.1) is 5.41 Å². The van der Waals surface area contributed by atoms with Crippen LogP contribution in [0.3, 0.4) is 0 Å². The van der Waals surface area contributed by atoms with Gasteiger partial charge in [-0.25, -0.2) is 15.0 Å². The molecule has 1 aliphatic heterocycles. The molecule has 9 heteroatoms. The Kier molecular flexibility index (Phi) is 4.19. The molecule has 1 saturated heterocycles. The zero-order valence-corrected chi connectivity index (χ0v) is 15.8. The minimum Gasteiger partial charge on any atom is -0.390 e. The summed E-state index contributed by atoms with van der Waals surface area (Å²) in [7, 11) is 0. The molecular formula is C20H24N6O3. The Morgan fingerprint density at radius 3 is 2.79 bits per heavy atom. The summed E-state index contributed by atoms with van der Waals surface area (Å²) in [6.07, 6.45) is 5.14. The molecule has 29 heavy (non-hydrogen) atoms. The molecule has 0 bridgehead atoms. The van der Waals surface area contributed by atoms with E-state index in [4.69, 9.17) is 16.2 Å². The molecule has 5 rings (SSSR count). The van der Waals surface area contributed by atoms with Crippen molar-refractivity contribution in [2.75, 3.05) is 18.1 Å². The highest BCUT2D eigenvalue weighted by Crippen LogP contribution is 2.52. The average Bonchev–Trinajstić information content (AvgIpc) is 3.38. The summed E-state index contributed by atoms with van der Waals surface area (Å²) >= 11 is 0. The molecule has 4 heterocycles. The van der Waals surface area contributed by atoms with Gasteiger partial charge in [-0.1, -0.05) is 6.07 Å². The predicted octanol–water partition coefficient (Wildman–Crippen LogP) is 0.675. The van der Waals surface area contributed by atoms with Crippen LogP contribution in [-0.4, -0.2) is 54.7 Å². The minimum absolute atomic E-state index is 0.0413. The summed E-state index contributed by atoms with van der Waals surface area (Å²) in [5.74, 6) is 0.885. The molecule has 3 aromatic rings. The maximum absolute atomic E-state index is 10.9. The number of ether oxygens (including phenoxy) is 1. The first-order chi connectivity index (χ1) is 14.0. The monoisotopic (exact) mass is 396 g/mol. The van der Waals surface area contributed by atoms with Gasteiger partial charge in [-0.15, -0.1) is 0 Å². The second-order valence-corrected chi connectivity index (χ2v) is 8.22. The van der Waals surface area contributed by atoms with Crippen molar-refractivity contribution in [1.82, 2.24) is 19.5 Å². The lowest BCUT2D eigenvalue weighted by atomic mass is 9.80. The molecule has 1 saturated carbocycles. The van der Waals surface area contributed by atoms with Crippen LogP contribution in [0.15, 0.2) is 36.9 Å². The maximum atomic E-state index is 10.9. The van der Waals surface area contributed by atoms with Crippen molar-refractivity contribution in [2.45, 2.75) is 43.6 Å². The Bertz CT molecular complexity index is 1040. The van der Waals surface area contributed by atoms with E-state index in [1.54, 1.807) is 12.3 Å². The highest BCUT2D eigenvalue weighted by atomic mass is 16.5. The Hall–Kier alpha value is -2.75. The van der Waals surface area contributed by atoms with E-state index in [-0.39, 0.29) is 12.1 Å². The quantitative estimate of drug-likeness (QED) is 0.505. The standard InChI is InChI=1S/C20H24N6O3/c21-15-2-1-11(8-23-15)5-12-6-20(9-29-12)7-14(16(27)17(20)28)26-4-3-13-18(22)24-10-25-19(13)26/h1-4,8,10,12,14,16-17,27-28H,5-7,9H2,(H2,21,23)(H2,22,24,25). The summed E-state index contributed by atoms with van der Waals surface area (Å²) < 4.78 is 7.93. The van der Waals surface area contributed by atoms with Crippen molar-refractivity contribution < 1.29 is 14.9 Å². The van der Waals surface area contributed by atoms with E-state index >= 15 is 0 Å².